The molecule has 3 heterocycles. The average molecular weight is 287 g/mol. The van der Waals surface area contributed by atoms with Crippen molar-refractivity contribution < 1.29 is 9.72 Å². The summed E-state index contributed by atoms with van der Waals surface area (Å²) in [5.41, 5.74) is 0.282. The molecule has 2 atom stereocenters. The molecule has 4 rings (SSSR count). The van der Waals surface area contributed by atoms with Crippen molar-refractivity contribution in [3.8, 4) is 0 Å². The Balaban J connectivity index is 1.57. The van der Waals surface area contributed by atoms with E-state index in [1.54, 1.807) is 6.07 Å². The number of Topliss-reactive ketones (excluding diaryl/α,β-unsaturated/α-hetero) is 1. The number of fused-ring (bicyclic) bond motifs is 2. The lowest BCUT2D eigenvalue weighted by Crippen LogP contribution is -2.53. The molecule has 1 aromatic rings. The Morgan fingerprint density at radius 3 is 2.38 bits per heavy atom. The molecule has 3 aliphatic rings. The van der Waals surface area contributed by atoms with Gasteiger partial charge in [-0.3, -0.25) is 14.9 Å². The Morgan fingerprint density at radius 2 is 1.90 bits per heavy atom. The molecule has 110 valence electrons. The van der Waals surface area contributed by atoms with Gasteiger partial charge in [0.25, 0.3) is 5.69 Å². The summed E-state index contributed by atoms with van der Waals surface area (Å²) in [6.07, 6.45) is 7.25. The van der Waals surface area contributed by atoms with E-state index in [0.29, 0.717) is 17.9 Å². The van der Waals surface area contributed by atoms with E-state index in [4.69, 9.17) is 0 Å². The summed E-state index contributed by atoms with van der Waals surface area (Å²) in [6.45, 7) is 0. The predicted molar refractivity (Wildman–Crippen MR) is 76.1 cm³/mol. The largest absolute Gasteiger partial charge is 0.351 e. The van der Waals surface area contributed by atoms with Gasteiger partial charge in [0.05, 0.1) is 4.92 Å². The normalized spacial score (nSPS) is 29.5. The van der Waals surface area contributed by atoms with Crippen molar-refractivity contribution in [2.24, 2.45) is 5.41 Å². The Hall–Kier alpha value is -1.98. The van der Waals surface area contributed by atoms with Crippen LogP contribution >= 0.6 is 0 Å². The standard InChI is InChI=1S/C15H17N3O3/c19-13-7-15(8-13)5-10-1-2-11(6-15)17(10)14-4-3-12(9-16-14)18(20)21/h3-4,9-11H,1-2,5-8H2. The van der Waals surface area contributed by atoms with Gasteiger partial charge in [-0.25, -0.2) is 4.98 Å². The topological polar surface area (TPSA) is 76.3 Å². The average Bonchev–Trinajstić information content (AvgIpc) is 2.69. The van der Waals surface area contributed by atoms with E-state index in [-0.39, 0.29) is 11.1 Å². The van der Waals surface area contributed by atoms with Gasteiger partial charge >= 0.3 is 0 Å². The fourth-order valence-corrected chi connectivity index (χ4v) is 4.53. The first-order chi connectivity index (χ1) is 10.1. The van der Waals surface area contributed by atoms with E-state index in [2.05, 4.69) is 9.88 Å². The van der Waals surface area contributed by atoms with Gasteiger partial charge in [0.15, 0.2) is 0 Å². The van der Waals surface area contributed by atoms with E-state index < -0.39 is 4.92 Å². The highest BCUT2D eigenvalue weighted by molar-refractivity contribution is 5.86. The summed E-state index contributed by atoms with van der Waals surface area (Å²) in [5, 5.41) is 10.7. The van der Waals surface area contributed by atoms with Crippen LogP contribution in [0.15, 0.2) is 18.3 Å². The van der Waals surface area contributed by atoms with Gasteiger partial charge in [-0.15, -0.1) is 0 Å². The first-order valence-corrected chi connectivity index (χ1v) is 7.47. The summed E-state index contributed by atoms with van der Waals surface area (Å²) in [4.78, 5) is 28.3. The fourth-order valence-electron chi connectivity index (χ4n) is 4.53. The number of hydrogen-bond acceptors (Lipinski definition) is 5. The summed E-state index contributed by atoms with van der Waals surface area (Å²) in [6, 6.07) is 4.16. The Labute approximate surface area is 122 Å². The molecule has 1 aliphatic carbocycles. The smallest absolute Gasteiger partial charge is 0.287 e. The highest BCUT2D eigenvalue weighted by Gasteiger charge is 2.54. The summed E-state index contributed by atoms with van der Waals surface area (Å²) in [7, 11) is 0. The Kier molecular flexibility index (Phi) is 2.58. The number of carbonyl (C=O) groups is 1. The predicted octanol–water partition coefficient (Wildman–Crippen LogP) is 2.47. The van der Waals surface area contributed by atoms with E-state index >= 15 is 0 Å². The van der Waals surface area contributed by atoms with Gasteiger partial charge < -0.3 is 4.90 Å². The van der Waals surface area contributed by atoms with Gasteiger partial charge in [-0.05, 0) is 37.2 Å². The number of piperidine rings is 1. The van der Waals surface area contributed by atoms with Gasteiger partial charge in [0, 0.05) is 31.0 Å². The number of aromatic nitrogens is 1. The van der Waals surface area contributed by atoms with E-state index in [0.717, 1.165) is 44.3 Å². The van der Waals surface area contributed by atoms with E-state index in [9.17, 15) is 14.9 Å². The molecule has 3 fully saturated rings. The molecule has 2 saturated heterocycles. The van der Waals surface area contributed by atoms with Crippen molar-refractivity contribution in [3.05, 3.63) is 28.4 Å². The maximum absolute atomic E-state index is 11.4. The highest BCUT2D eigenvalue weighted by Crippen LogP contribution is 2.55. The summed E-state index contributed by atoms with van der Waals surface area (Å²) >= 11 is 0. The third-order valence-electron chi connectivity index (χ3n) is 5.31. The minimum Gasteiger partial charge on any atom is -0.351 e. The van der Waals surface area contributed by atoms with Crippen molar-refractivity contribution in [1.29, 1.82) is 0 Å². The van der Waals surface area contributed by atoms with Crippen LogP contribution in [-0.4, -0.2) is 27.8 Å². The molecular formula is C15H17N3O3. The molecule has 1 spiro atoms. The first-order valence-electron chi connectivity index (χ1n) is 7.47. The molecule has 0 N–H and O–H groups in total. The van der Waals surface area contributed by atoms with Crippen LogP contribution in [0.25, 0.3) is 0 Å². The maximum Gasteiger partial charge on any atom is 0.287 e. The fraction of sp³-hybridized carbons (Fsp3) is 0.600. The number of nitro groups is 1. The Morgan fingerprint density at radius 1 is 1.24 bits per heavy atom. The van der Waals surface area contributed by atoms with Crippen molar-refractivity contribution in [3.63, 3.8) is 0 Å². The minimum absolute atomic E-state index is 0.0316. The SMILES string of the molecule is O=C1CC2(C1)CC1CCC(C2)N1c1ccc([N+](=O)[O-])cn1. The lowest BCUT2D eigenvalue weighted by atomic mass is 9.60. The van der Waals surface area contributed by atoms with Gasteiger partial charge in [-0.2, -0.15) is 0 Å². The number of ketones is 1. The van der Waals surface area contributed by atoms with Crippen LogP contribution in [0, 0.1) is 15.5 Å². The molecule has 0 radical (unpaired) electrons. The lowest BCUT2D eigenvalue weighted by molar-refractivity contribution is -0.385. The van der Waals surface area contributed by atoms with Crippen molar-refractivity contribution in [2.45, 2.75) is 50.6 Å². The molecule has 1 aromatic heterocycles. The first kappa shape index (κ1) is 12.7. The summed E-state index contributed by atoms with van der Waals surface area (Å²) < 4.78 is 0. The number of pyridine rings is 1. The maximum atomic E-state index is 11.4. The van der Waals surface area contributed by atoms with Gasteiger partial charge in [0.1, 0.15) is 17.8 Å². The van der Waals surface area contributed by atoms with Crippen molar-refractivity contribution in [2.75, 3.05) is 4.90 Å². The van der Waals surface area contributed by atoms with Crippen molar-refractivity contribution in [1.82, 2.24) is 4.98 Å². The van der Waals surface area contributed by atoms with Crippen molar-refractivity contribution >= 4 is 17.3 Å². The molecule has 6 nitrogen and oxygen atoms in total. The highest BCUT2D eigenvalue weighted by atomic mass is 16.6. The van der Waals surface area contributed by atoms with Gasteiger partial charge in [0.2, 0.25) is 0 Å². The number of hydrogen-bond donors (Lipinski definition) is 0. The molecule has 2 unspecified atom stereocenters. The van der Waals surface area contributed by atoms with Crippen LogP contribution in [0.3, 0.4) is 0 Å². The number of carbonyl (C=O) groups excluding carboxylic acids is 1. The third kappa shape index (κ3) is 1.92. The number of rotatable bonds is 2. The monoisotopic (exact) mass is 287 g/mol. The molecule has 1 saturated carbocycles. The molecule has 6 heteroatoms. The molecular weight excluding hydrogens is 270 g/mol. The summed E-state index contributed by atoms with van der Waals surface area (Å²) in [5.74, 6) is 1.24. The molecule has 0 amide bonds. The zero-order chi connectivity index (χ0) is 14.6. The minimum atomic E-state index is -0.420. The third-order valence-corrected chi connectivity index (χ3v) is 5.31. The molecule has 21 heavy (non-hydrogen) atoms. The lowest BCUT2D eigenvalue weighted by Gasteiger charge is -2.51. The van der Waals surface area contributed by atoms with Crippen LogP contribution < -0.4 is 4.90 Å². The Bertz CT molecular complexity index is 589. The number of nitrogens with zero attached hydrogens (tertiary/aromatic N) is 3. The molecule has 2 bridgehead atoms. The van der Waals surface area contributed by atoms with Crippen LogP contribution in [0.5, 0.6) is 0 Å². The second-order valence-corrected chi connectivity index (χ2v) is 6.72. The molecule has 2 aliphatic heterocycles. The van der Waals surface area contributed by atoms with Gasteiger partial charge in [-0.1, -0.05) is 0 Å². The zero-order valence-corrected chi connectivity index (χ0v) is 11.7. The second-order valence-electron chi connectivity index (χ2n) is 6.72. The van der Waals surface area contributed by atoms with Crippen LogP contribution in [0.1, 0.15) is 38.5 Å². The zero-order valence-electron chi connectivity index (χ0n) is 11.7. The second kappa shape index (κ2) is 4.26. The van der Waals surface area contributed by atoms with E-state index in [1.807, 2.05) is 0 Å². The van der Waals surface area contributed by atoms with Crippen LogP contribution in [-0.2, 0) is 4.79 Å². The number of anilines is 1. The van der Waals surface area contributed by atoms with Crippen LogP contribution in [0.4, 0.5) is 11.5 Å². The van der Waals surface area contributed by atoms with Crippen LogP contribution in [0.2, 0.25) is 0 Å². The van der Waals surface area contributed by atoms with E-state index in [1.165, 1.54) is 12.3 Å². The molecule has 0 aromatic carbocycles. The quantitative estimate of drug-likeness (QED) is 0.617.